The van der Waals surface area contributed by atoms with E-state index in [1.54, 1.807) is 0 Å². The van der Waals surface area contributed by atoms with Crippen molar-refractivity contribution in [2.24, 2.45) is 0 Å². The van der Waals surface area contributed by atoms with Gasteiger partial charge in [0.2, 0.25) is 0 Å². The smallest absolute Gasteiger partial charge is 0.545 e. The molecule has 0 bridgehead atoms. The van der Waals surface area contributed by atoms with E-state index in [0.29, 0.717) is 0 Å². The van der Waals surface area contributed by atoms with Crippen molar-refractivity contribution in [1.82, 2.24) is 0 Å². The van der Waals surface area contributed by atoms with Crippen LogP contribution in [0.3, 0.4) is 0 Å². The van der Waals surface area contributed by atoms with Crippen LogP contribution in [0.25, 0.3) is 0 Å². The van der Waals surface area contributed by atoms with E-state index in [4.69, 9.17) is 4.74 Å². The maximum absolute atomic E-state index is 11.6. The Hall–Kier alpha value is -2.02. The number of carbonyl (C=O) groups is 2. The van der Waals surface area contributed by atoms with Gasteiger partial charge in [0.1, 0.15) is 12.4 Å². The Morgan fingerprint density at radius 1 is 1.14 bits per heavy atom. The second kappa shape index (κ2) is 8.43. The number of phenols is 1. The van der Waals surface area contributed by atoms with Gasteiger partial charge in [0.15, 0.2) is 0 Å². The fraction of sp³-hybridized carbons (Fsp3) is 0.0667. The largest absolute Gasteiger partial charge is 1.00 e. The van der Waals surface area contributed by atoms with Gasteiger partial charge in [-0.15, -0.1) is 0 Å². The topological polar surface area (TPSA) is 98.7 Å². The third-order valence-electron chi connectivity index (χ3n) is 2.68. The first-order chi connectivity index (χ1) is 10.1. The molecule has 0 saturated carbocycles. The van der Waals surface area contributed by atoms with Crippen LogP contribution in [-0.2, 0) is 11.3 Å². The number of hydrogen-bond acceptors (Lipinski definition) is 5. The van der Waals surface area contributed by atoms with E-state index >= 15 is 0 Å². The fourth-order valence-electron chi connectivity index (χ4n) is 1.65. The Balaban J connectivity index is 0.00000242. The summed E-state index contributed by atoms with van der Waals surface area (Å²) in [6.45, 7) is 0.0953. The molecular weight excluding hydrogens is 297 g/mol. The molecule has 0 aliphatic carbocycles. The van der Waals surface area contributed by atoms with Crippen molar-refractivity contribution in [3.8, 4) is 5.75 Å². The van der Waals surface area contributed by atoms with E-state index in [9.17, 15) is 19.8 Å². The summed E-state index contributed by atoms with van der Waals surface area (Å²) in [7, 11) is 0. The quantitative estimate of drug-likeness (QED) is 0.529. The van der Waals surface area contributed by atoms with E-state index in [1.807, 2.05) is 30.3 Å². The van der Waals surface area contributed by atoms with Gasteiger partial charge in [-0.1, -0.05) is 30.3 Å². The molecule has 0 atom stereocenters. The molecule has 108 valence electrons. The van der Waals surface area contributed by atoms with Gasteiger partial charge in [0.25, 0.3) is 0 Å². The van der Waals surface area contributed by atoms with Crippen LogP contribution in [0.2, 0.25) is 0 Å². The summed E-state index contributed by atoms with van der Waals surface area (Å²) in [6.07, 6.45) is -0.728. The number of carboxylic acid groups (broad SMARTS) is 1. The third kappa shape index (κ3) is 5.07. The molecule has 0 unspecified atom stereocenters. The third-order valence-corrected chi connectivity index (χ3v) is 2.68. The number of anilines is 1. The van der Waals surface area contributed by atoms with Crippen molar-refractivity contribution >= 4 is 17.7 Å². The van der Waals surface area contributed by atoms with Crippen LogP contribution >= 0.6 is 0 Å². The fourth-order valence-corrected chi connectivity index (χ4v) is 1.65. The standard InChI is InChI=1S/C15H13NO5.Na/c17-13-7-6-11(8-12(13)14(18)19)16-15(20)21-9-10-4-2-1-3-5-10;/h1-8,17H,9H2,(H,16,20)(H,18,19);/q;+1/p-1. The summed E-state index contributed by atoms with van der Waals surface area (Å²) in [5.41, 5.74) is 0.606. The first-order valence-electron chi connectivity index (χ1n) is 6.08. The van der Waals surface area contributed by atoms with Gasteiger partial charge in [-0.2, -0.15) is 0 Å². The minimum atomic E-state index is -1.53. The minimum Gasteiger partial charge on any atom is -0.545 e. The molecule has 0 aliphatic rings. The second-order valence-electron chi connectivity index (χ2n) is 4.21. The molecule has 22 heavy (non-hydrogen) atoms. The second-order valence-corrected chi connectivity index (χ2v) is 4.21. The average Bonchev–Trinajstić information content (AvgIpc) is 2.48. The molecule has 1 amide bonds. The first kappa shape index (κ1) is 18.0. The van der Waals surface area contributed by atoms with Crippen molar-refractivity contribution < 1.29 is 54.1 Å². The predicted molar refractivity (Wildman–Crippen MR) is 72.7 cm³/mol. The number of ether oxygens (including phenoxy) is 1. The van der Waals surface area contributed by atoms with E-state index in [-0.39, 0.29) is 41.9 Å². The van der Waals surface area contributed by atoms with Gasteiger partial charge in [-0.25, -0.2) is 4.79 Å². The van der Waals surface area contributed by atoms with Gasteiger partial charge >= 0.3 is 35.7 Å². The molecule has 0 radical (unpaired) electrons. The first-order valence-corrected chi connectivity index (χ1v) is 6.08. The monoisotopic (exact) mass is 309 g/mol. The number of amides is 1. The molecule has 2 N–H and O–H groups in total. The van der Waals surface area contributed by atoms with Crippen LogP contribution in [0.15, 0.2) is 48.5 Å². The number of carbonyl (C=O) groups excluding carboxylic acids is 2. The van der Waals surface area contributed by atoms with Crippen LogP contribution < -0.4 is 40.0 Å². The number of benzene rings is 2. The summed E-state index contributed by atoms with van der Waals surface area (Å²) in [6, 6.07) is 12.7. The molecule has 6 nitrogen and oxygen atoms in total. The van der Waals surface area contributed by atoms with Gasteiger partial charge in [0.05, 0.1) is 5.97 Å². The summed E-state index contributed by atoms with van der Waals surface area (Å²) in [5, 5.41) is 22.5. The Kier molecular flexibility index (Phi) is 6.91. The normalized spacial score (nSPS) is 9.45. The van der Waals surface area contributed by atoms with E-state index in [2.05, 4.69) is 5.32 Å². The maximum atomic E-state index is 11.6. The Labute approximate surface area is 149 Å². The maximum Gasteiger partial charge on any atom is 1.00 e. The number of carboxylic acids is 1. The molecular formula is C15H12NNaO5. The number of aromatic carboxylic acids is 1. The SMILES string of the molecule is O=C(Nc1ccc(O)c(C(=O)[O-])c1)OCc1ccccc1.[Na+]. The minimum absolute atomic E-state index is 0. The summed E-state index contributed by atoms with van der Waals surface area (Å²) >= 11 is 0. The van der Waals surface area contributed by atoms with Crippen LogP contribution in [0.4, 0.5) is 10.5 Å². The van der Waals surface area contributed by atoms with Crippen molar-refractivity contribution in [1.29, 1.82) is 0 Å². The molecule has 0 spiro atoms. The molecule has 2 aromatic rings. The molecule has 2 rings (SSSR count). The summed E-state index contributed by atoms with van der Waals surface area (Å²) < 4.78 is 4.99. The molecule has 0 aliphatic heterocycles. The Morgan fingerprint density at radius 3 is 2.45 bits per heavy atom. The predicted octanol–water partition coefficient (Wildman–Crippen LogP) is -1.49. The van der Waals surface area contributed by atoms with Gasteiger partial charge in [0, 0.05) is 11.3 Å². The zero-order valence-electron chi connectivity index (χ0n) is 11.9. The van der Waals surface area contributed by atoms with Gasteiger partial charge in [-0.05, 0) is 23.8 Å². The van der Waals surface area contributed by atoms with E-state index in [1.165, 1.54) is 6.07 Å². The van der Waals surface area contributed by atoms with Crippen LogP contribution in [0.1, 0.15) is 15.9 Å². The van der Waals surface area contributed by atoms with Crippen LogP contribution in [0, 0.1) is 0 Å². The summed E-state index contributed by atoms with van der Waals surface area (Å²) in [5.74, 6) is -1.97. The molecule has 0 saturated heterocycles. The molecule has 0 fully saturated rings. The van der Waals surface area contributed by atoms with E-state index < -0.39 is 23.4 Å². The van der Waals surface area contributed by atoms with E-state index in [0.717, 1.165) is 17.7 Å². The Bertz CT molecular complexity index is 660. The number of aromatic hydroxyl groups is 1. The molecule has 2 aromatic carbocycles. The van der Waals surface area contributed by atoms with Crippen molar-refractivity contribution in [3.63, 3.8) is 0 Å². The van der Waals surface area contributed by atoms with Crippen molar-refractivity contribution in [3.05, 3.63) is 59.7 Å². The molecule has 0 aromatic heterocycles. The van der Waals surface area contributed by atoms with Crippen LogP contribution in [0.5, 0.6) is 5.75 Å². The van der Waals surface area contributed by atoms with Crippen LogP contribution in [-0.4, -0.2) is 17.2 Å². The van der Waals surface area contributed by atoms with Gasteiger partial charge in [-0.3, -0.25) is 5.32 Å². The molecule has 0 heterocycles. The zero-order chi connectivity index (χ0) is 15.2. The number of hydrogen-bond donors (Lipinski definition) is 2. The zero-order valence-corrected chi connectivity index (χ0v) is 13.9. The molecule has 7 heteroatoms. The average molecular weight is 309 g/mol. The summed E-state index contributed by atoms with van der Waals surface area (Å²) in [4.78, 5) is 22.3. The van der Waals surface area contributed by atoms with Crippen molar-refractivity contribution in [2.45, 2.75) is 6.61 Å². The number of rotatable bonds is 4. The Morgan fingerprint density at radius 2 is 1.82 bits per heavy atom. The van der Waals surface area contributed by atoms with Gasteiger partial charge < -0.3 is 19.7 Å². The van der Waals surface area contributed by atoms with Crippen molar-refractivity contribution in [2.75, 3.05) is 5.32 Å². The number of nitrogens with one attached hydrogen (secondary N) is 1.